The summed E-state index contributed by atoms with van der Waals surface area (Å²) >= 11 is 0. The van der Waals surface area contributed by atoms with Crippen molar-refractivity contribution in [3.8, 4) is 11.4 Å². The smallest absolute Gasteiger partial charge is 0.161 e. The van der Waals surface area contributed by atoms with Crippen molar-refractivity contribution < 1.29 is 4.39 Å². The summed E-state index contributed by atoms with van der Waals surface area (Å²) in [7, 11) is 1.76. The second-order valence-corrected chi connectivity index (χ2v) is 4.81. The van der Waals surface area contributed by atoms with Crippen LogP contribution in [0, 0.1) is 11.7 Å². The van der Waals surface area contributed by atoms with Crippen LogP contribution in [0.3, 0.4) is 0 Å². The number of benzene rings is 1. The van der Waals surface area contributed by atoms with Crippen molar-refractivity contribution >= 4 is 5.69 Å². The van der Waals surface area contributed by atoms with Crippen molar-refractivity contribution in [1.82, 2.24) is 14.8 Å². The van der Waals surface area contributed by atoms with Crippen molar-refractivity contribution in [3.63, 3.8) is 0 Å². The van der Waals surface area contributed by atoms with Crippen LogP contribution in [-0.4, -0.2) is 14.8 Å². The normalized spacial score (nSPS) is 11.2. The standard InChI is InChI=1S/C13H17FN4/c1-8(2)6-12-16-13(18(3)17-12)10-7-9(15)4-5-11(10)14/h4-5,7-8H,6,15H2,1-3H3. The Morgan fingerprint density at radius 1 is 1.39 bits per heavy atom. The molecule has 2 rings (SSSR count). The first-order valence-corrected chi connectivity index (χ1v) is 5.92. The molecule has 0 saturated carbocycles. The van der Waals surface area contributed by atoms with E-state index in [2.05, 4.69) is 23.9 Å². The fourth-order valence-corrected chi connectivity index (χ4v) is 1.84. The van der Waals surface area contributed by atoms with Gasteiger partial charge >= 0.3 is 0 Å². The lowest BCUT2D eigenvalue weighted by Gasteiger charge is -2.02. The average Bonchev–Trinajstić information content (AvgIpc) is 2.62. The third kappa shape index (κ3) is 2.50. The second kappa shape index (κ2) is 4.76. The number of hydrogen-bond acceptors (Lipinski definition) is 3. The van der Waals surface area contributed by atoms with E-state index in [0.717, 1.165) is 12.2 Å². The Kier molecular flexibility index (Phi) is 3.32. The number of nitrogens with zero attached hydrogens (tertiary/aromatic N) is 3. The van der Waals surface area contributed by atoms with E-state index in [9.17, 15) is 4.39 Å². The molecular weight excluding hydrogens is 231 g/mol. The molecule has 0 aliphatic heterocycles. The van der Waals surface area contributed by atoms with Gasteiger partial charge < -0.3 is 5.73 Å². The number of hydrogen-bond donors (Lipinski definition) is 1. The molecule has 0 bridgehead atoms. The Balaban J connectivity index is 2.44. The molecule has 0 aliphatic carbocycles. The summed E-state index contributed by atoms with van der Waals surface area (Å²) in [6, 6.07) is 4.46. The summed E-state index contributed by atoms with van der Waals surface area (Å²) in [6.07, 6.45) is 0.776. The Morgan fingerprint density at radius 3 is 2.78 bits per heavy atom. The van der Waals surface area contributed by atoms with Gasteiger partial charge in [0, 0.05) is 19.2 Å². The molecule has 0 radical (unpaired) electrons. The van der Waals surface area contributed by atoms with E-state index < -0.39 is 0 Å². The minimum atomic E-state index is -0.337. The number of halogens is 1. The Bertz CT molecular complexity index is 560. The van der Waals surface area contributed by atoms with Gasteiger partial charge in [-0.1, -0.05) is 13.8 Å². The number of aryl methyl sites for hydroxylation is 1. The van der Waals surface area contributed by atoms with Gasteiger partial charge in [0.05, 0.1) is 5.56 Å². The van der Waals surface area contributed by atoms with E-state index >= 15 is 0 Å². The molecule has 18 heavy (non-hydrogen) atoms. The highest BCUT2D eigenvalue weighted by Gasteiger charge is 2.14. The maximum atomic E-state index is 13.8. The zero-order valence-corrected chi connectivity index (χ0v) is 10.8. The number of rotatable bonds is 3. The molecule has 0 saturated heterocycles. The number of nitrogen functional groups attached to an aromatic ring is 1. The fourth-order valence-electron chi connectivity index (χ4n) is 1.84. The van der Waals surface area contributed by atoms with Crippen LogP contribution in [0.5, 0.6) is 0 Å². The highest BCUT2D eigenvalue weighted by molar-refractivity contribution is 5.62. The van der Waals surface area contributed by atoms with E-state index in [4.69, 9.17) is 5.73 Å². The van der Waals surface area contributed by atoms with Crippen molar-refractivity contribution in [2.75, 3.05) is 5.73 Å². The maximum absolute atomic E-state index is 13.8. The molecule has 2 N–H and O–H groups in total. The highest BCUT2D eigenvalue weighted by atomic mass is 19.1. The topological polar surface area (TPSA) is 56.7 Å². The van der Waals surface area contributed by atoms with E-state index in [-0.39, 0.29) is 5.82 Å². The average molecular weight is 248 g/mol. The van der Waals surface area contributed by atoms with Crippen LogP contribution in [0.4, 0.5) is 10.1 Å². The zero-order chi connectivity index (χ0) is 13.3. The van der Waals surface area contributed by atoms with Gasteiger partial charge in [0.1, 0.15) is 5.82 Å². The second-order valence-electron chi connectivity index (χ2n) is 4.81. The summed E-state index contributed by atoms with van der Waals surface area (Å²) in [4.78, 5) is 4.38. The molecule has 2 aromatic rings. The number of nitrogens with two attached hydrogens (primary N) is 1. The molecule has 0 aliphatic rings. The van der Waals surface area contributed by atoms with Crippen molar-refractivity contribution in [2.45, 2.75) is 20.3 Å². The van der Waals surface area contributed by atoms with Gasteiger partial charge in [-0.05, 0) is 24.1 Å². The minimum absolute atomic E-state index is 0.337. The first kappa shape index (κ1) is 12.5. The van der Waals surface area contributed by atoms with E-state index in [1.165, 1.54) is 12.1 Å². The molecule has 96 valence electrons. The van der Waals surface area contributed by atoms with Gasteiger partial charge in [-0.15, -0.1) is 0 Å². The first-order valence-electron chi connectivity index (χ1n) is 5.92. The van der Waals surface area contributed by atoms with Gasteiger partial charge in [-0.25, -0.2) is 14.1 Å². The lowest BCUT2D eigenvalue weighted by Crippen LogP contribution is -1.98. The van der Waals surface area contributed by atoms with Crippen LogP contribution in [0.1, 0.15) is 19.7 Å². The van der Waals surface area contributed by atoms with Gasteiger partial charge in [0.2, 0.25) is 0 Å². The van der Waals surface area contributed by atoms with Gasteiger partial charge in [-0.2, -0.15) is 5.10 Å². The molecular formula is C13H17FN4. The third-order valence-electron chi connectivity index (χ3n) is 2.63. The molecule has 0 amide bonds. The monoisotopic (exact) mass is 248 g/mol. The minimum Gasteiger partial charge on any atom is -0.399 e. The van der Waals surface area contributed by atoms with Gasteiger partial charge in [-0.3, -0.25) is 0 Å². The zero-order valence-electron chi connectivity index (χ0n) is 10.8. The van der Waals surface area contributed by atoms with Crippen LogP contribution >= 0.6 is 0 Å². The largest absolute Gasteiger partial charge is 0.399 e. The van der Waals surface area contributed by atoms with E-state index in [0.29, 0.717) is 23.0 Å². The predicted octanol–water partition coefficient (Wildman–Crippen LogP) is 2.40. The quantitative estimate of drug-likeness (QED) is 0.848. The molecule has 1 heterocycles. The van der Waals surface area contributed by atoms with Crippen LogP contribution in [0.15, 0.2) is 18.2 Å². The predicted molar refractivity (Wildman–Crippen MR) is 69.4 cm³/mol. The van der Waals surface area contributed by atoms with Gasteiger partial charge in [0.15, 0.2) is 11.6 Å². The van der Waals surface area contributed by atoms with Crippen molar-refractivity contribution in [3.05, 3.63) is 29.8 Å². The summed E-state index contributed by atoms with van der Waals surface area (Å²) < 4.78 is 15.4. The first-order chi connectivity index (χ1) is 8.47. The molecule has 0 spiro atoms. The molecule has 4 nitrogen and oxygen atoms in total. The van der Waals surface area contributed by atoms with Crippen LogP contribution < -0.4 is 5.73 Å². The van der Waals surface area contributed by atoms with Crippen molar-refractivity contribution in [2.24, 2.45) is 13.0 Å². The molecule has 0 fully saturated rings. The Labute approximate surface area is 106 Å². The summed E-state index contributed by atoms with van der Waals surface area (Å²) in [6.45, 7) is 4.19. The third-order valence-corrected chi connectivity index (χ3v) is 2.63. The van der Waals surface area contributed by atoms with E-state index in [1.54, 1.807) is 17.8 Å². The van der Waals surface area contributed by atoms with Crippen LogP contribution in [0.2, 0.25) is 0 Å². The number of aromatic nitrogens is 3. The summed E-state index contributed by atoms with van der Waals surface area (Å²) in [5, 5.41) is 4.30. The fraction of sp³-hybridized carbons (Fsp3) is 0.385. The SMILES string of the molecule is CC(C)Cc1nc(-c2cc(N)ccc2F)n(C)n1. The number of anilines is 1. The van der Waals surface area contributed by atoms with Crippen molar-refractivity contribution in [1.29, 1.82) is 0 Å². The van der Waals surface area contributed by atoms with Crippen LogP contribution in [0.25, 0.3) is 11.4 Å². The highest BCUT2D eigenvalue weighted by Crippen LogP contribution is 2.23. The van der Waals surface area contributed by atoms with Gasteiger partial charge in [0.25, 0.3) is 0 Å². The molecule has 0 unspecified atom stereocenters. The Hall–Kier alpha value is -1.91. The Morgan fingerprint density at radius 2 is 2.11 bits per heavy atom. The lowest BCUT2D eigenvalue weighted by atomic mass is 10.1. The van der Waals surface area contributed by atoms with Crippen LogP contribution in [-0.2, 0) is 13.5 Å². The van der Waals surface area contributed by atoms with E-state index in [1.807, 2.05) is 0 Å². The summed E-state index contributed by atoms with van der Waals surface area (Å²) in [5.74, 6) is 1.36. The summed E-state index contributed by atoms with van der Waals surface area (Å²) in [5.41, 5.74) is 6.58. The maximum Gasteiger partial charge on any atom is 0.161 e. The molecule has 1 aromatic heterocycles. The molecule has 1 aromatic carbocycles. The lowest BCUT2D eigenvalue weighted by molar-refractivity contribution is 0.612. The molecule has 5 heteroatoms. The molecule has 0 atom stereocenters.